The number of carbonyl (C=O) groups excluding carboxylic acids is 1. The monoisotopic (exact) mass is 209 g/mol. The van der Waals surface area contributed by atoms with Crippen LogP contribution in [0.4, 0.5) is 5.69 Å². The second kappa shape index (κ2) is 6.03. The number of rotatable bonds is 5. The Morgan fingerprint density at radius 3 is 3.00 bits per heavy atom. The summed E-state index contributed by atoms with van der Waals surface area (Å²) in [5, 5.41) is 11.2. The van der Waals surface area contributed by atoms with Crippen LogP contribution in [0.5, 0.6) is 5.75 Å². The fourth-order valence-electron chi connectivity index (χ4n) is 1.12. The fourth-order valence-corrected chi connectivity index (χ4v) is 1.12. The molecule has 15 heavy (non-hydrogen) atoms. The van der Waals surface area contributed by atoms with Crippen molar-refractivity contribution in [1.82, 2.24) is 0 Å². The van der Waals surface area contributed by atoms with E-state index in [1.165, 1.54) is 6.92 Å². The Balaban J connectivity index is 2.53. The van der Waals surface area contributed by atoms with Crippen LogP contribution in [0.25, 0.3) is 0 Å². The van der Waals surface area contributed by atoms with Gasteiger partial charge in [0, 0.05) is 31.7 Å². The summed E-state index contributed by atoms with van der Waals surface area (Å²) in [7, 11) is 0. The van der Waals surface area contributed by atoms with E-state index in [9.17, 15) is 4.79 Å². The Bertz CT molecular complexity index is 325. The number of amides is 1. The van der Waals surface area contributed by atoms with Gasteiger partial charge in [-0.25, -0.2) is 0 Å². The Morgan fingerprint density at radius 1 is 1.53 bits per heavy atom. The molecule has 0 saturated heterocycles. The molecule has 0 saturated carbocycles. The summed E-state index contributed by atoms with van der Waals surface area (Å²) in [4.78, 5) is 10.8. The largest absolute Gasteiger partial charge is 0.493 e. The summed E-state index contributed by atoms with van der Waals surface area (Å²) in [6.45, 7) is 2.05. The van der Waals surface area contributed by atoms with Gasteiger partial charge < -0.3 is 15.2 Å². The van der Waals surface area contributed by atoms with Gasteiger partial charge in [0.25, 0.3) is 0 Å². The lowest BCUT2D eigenvalue weighted by atomic mass is 10.3. The van der Waals surface area contributed by atoms with E-state index < -0.39 is 0 Å². The van der Waals surface area contributed by atoms with Crippen molar-refractivity contribution < 1.29 is 14.6 Å². The molecule has 1 amide bonds. The van der Waals surface area contributed by atoms with E-state index in [1.807, 2.05) is 6.07 Å². The first-order valence-electron chi connectivity index (χ1n) is 4.83. The van der Waals surface area contributed by atoms with E-state index in [2.05, 4.69) is 5.32 Å². The van der Waals surface area contributed by atoms with Gasteiger partial charge in [-0.1, -0.05) is 6.07 Å². The Labute approximate surface area is 88.9 Å². The number of ether oxygens (including phenoxy) is 1. The number of aliphatic hydroxyl groups excluding tert-OH is 1. The number of hydrogen-bond acceptors (Lipinski definition) is 3. The second-order valence-corrected chi connectivity index (χ2v) is 3.13. The topological polar surface area (TPSA) is 58.6 Å². The van der Waals surface area contributed by atoms with E-state index in [0.29, 0.717) is 24.5 Å². The molecule has 0 bridgehead atoms. The highest BCUT2D eigenvalue weighted by molar-refractivity contribution is 5.88. The highest BCUT2D eigenvalue weighted by atomic mass is 16.5. The molecule has 0 aromatic heterocycles. The molecule has 0 aliphatic carbocycles. The summed E-state index contributed by atoms with van der Waals surface area (Å²) in [5.41, 5.74) is 0.712. The van der Waals surface area contributed by atoms with Crippen molar-refractivity contribution in [3.05, 3.63) is 24.3 Å². The average molecular weight is 209 g/mol. The summed E-state index contributed by atoms with van der Waals surface area (Å²) in [6, 6.07) is 7.15. The van der Waals surface area contributed by atoms with E-state index in [-0.39, 0.29) is 12.5 Å². The van der Waals surface area contributed by atoms with Crippen molar-refractivity contribution >= 4 is 11.6 Å². The maximum absolute atomic E-state index is 10.8. The zero-order valence-electron chi connectivity index (χ0n) is 8.69. The number of aliphatic hydroxyl groups is 1. The molecule has 0 unspecified atom stereocenters. The predicted molar refractivity (Wildman–Crippen MR) is 57.9 cm³/mol. The molecule has 1 rings (SSSR count). The third-order valence-electron chi connectivity index (χ3n) is 1.73. The molecule has 0 aliphatic rings. The van der Waals surface area contributed by atoms with E-state index in [4.69, 9.17) is 9.84 Å². The third-order valence-corrected chi connectivity index (χ3v) is 1.73. The maximum atomic E-state index is 10.8. The quantitative estimate of drug-likeness (QED) is 0.721. The van der Waals surface area contributed by atoms with Crippen molar-refractivity contribution in [3.8, 4) is 5.75 Å². The van der Waals surface area contributed by atoms with Gasteiger partial charge in [0.2, 0.25) is 5.91 Å². The van der Waals surface area contributed by atoms with Gasteiger partial charge >= 0.3 is 0 Å². The summed E-state index contributed by atoms with van der Waals surface area (Å²) < 4.78 is 5.36. The van der Waals surface area contributed by atoms with E-state index >= 15 is 0 Å². The van der Waals surface area contributed by atoms with Gasteiger partial charge in [0.05, 0.1) is 6.61 Å². The minimum Gasteiger partial charge on any atom is -0.493 e. The molecule has 0 radical (unpaired) electrons. The van der Waals surface area contributed by atoms with Crippen molar-refractivity contribution in [2.45, 2.75) is 13.3 Å². The highest BCUT2D eigenvalue weighted by Crippen LogP contribution is 2.17. The Morgan fingerprint density at radius 2 is 2.33 bits per heavy atom. The van der Waals surface area contributed by atoms with Crippen LogP contribution in [0.2, 0.25) is 0 Å². The van der Waals surface area contributed by atoms with E-state index in [0.717, 1.165) is 0 Å². The second-order valence-electron chi connectivity index (χ2n) is 3.13. The predicted octanol–water partition coefficient (Wildman–Crippen LogP) is 1.41. The first-order chi connectivity index (χ1) is 7.22. The van der Waals surface area contributed by atoms with Crippen LogP contribution in [-0.4, -0.2) is 24.2 Å². The number of nitrogens with one attached hydrogen (secondary N) is 1. The average Bonchev–Trinajstić information content (AvgIpc) is 2.18. The standard InChI is InChI=1S/C11H15NO3/c1-9(14)12-10-4-2-5-11(8-10)15-7-3-6-13/h2,4-5,8,13H,3,6-7H2,1H3,(H,12,14). The van der Waals surface area contributed by atoms with Gasteiger partial charge in [0.1, 0.15) is 5.75 Å². The van der Waals surface area contributed by atoms with Gasteiger partial charge in [-0.2, -0.15) is 0 Å². The minimum absolute atomic E-state index is 0.109. The van der Waals surface area contributed by atoms with Crippen LogP contribution in [0.3, 0.4) is 0 Å². The van der Waals surface area contributed by atoms with Crippen molar-refractivity contribution in [1.29, 1.82) is 0 Å². The first-order valence-corrected chi connectivity index (χ1v) is 4.83. The molecule has 4 heteroatoms. The molecule has 0 heterocycles. The lowest BCUT2D eigenvalue weighted by molar-refractivity contribution is -0.114. The van der Waals surface area contributed by atoms with E-state index in [1.54, 1.807) is 18.2 Å². The van der Waals surface area contributed by atoms with Crippen molar-refractivity contribution in [3.63, 3.8) is 0 Å². The lowest BCUT2D eigenvalue weighted by Gasteiger charge is -2.07. The van der Waals surface area contributed by atoms with Crippen LogP contribution < -0.4 is 10.1 Å². The molecule has 0 spiro atoms. The zero-order valence-corrected chi connectivity index (χ0v) is 8.69. The highest BCUT2D eigenvalue weighted by Gasteiger charge is 1.98. The number of anilines is 1. The summed E-state index contributed by atoms with van der Waals surface area (Å²) in [6.07, 6.45) is 0.602. The van der Waals surface area contributed by atoms with Crippen LogP contribution in [-0.2, 0) is 4.79 Å². The number of carbonyl (C=O) groups is 1. The van der Waals surface area contributed by atoms with Crippen LogP contribution >= 0.6 is 0 Å². The first kappa shape index (κ1) is 11.5. The van der Waals surface area contributed by atoms with Gasteiger partial charge in [0.15, 0.2) is 0 Å². The molecular weight excluding hydrogens is 194 g/mol. The van der Waals surface area contributed by atoms with Crippen LogP contribution in [0, 0.1) is 0 Å². The minimum atomic E-state index is -0.109. The molecule has 2 N–H and O–H groups in total. The van der Waals surface area contributed by atoms with Crippen molar-refractivity contribution in [2.24, 2.45) is 0 Å². The smallest absolute Gasteiger partial charge is 0.221 e. The summed E-state index contributed by atoms with van der Waals surface area (Å²) in [5.74, 6) is 0.581. The molecule has 4 nitrogen and oxygen atoms in total. The molecule has 0 aliphatic heterocycles. The molecule has 1 aromatic carbocycles. The Kier molecular flexibility index (Phi) is 4.63. The van der Waals surface area contributed by atoms with Crippen LogP contribution in [0.1, 0.15) is 13.3 Å². The molecule has 0 atom stereocenters. The molecule has 82 valence electrons. The third kappa shape index (κ3) is 4.46. The molecule has 1 aromatic rings. The molecule has 0 fully saturated rings. The SMILES string of the molecule is CC(=O)Nc1cccc(OCCCO)c1. The Hall–Kier alpha value is -1.55. The van der Waals surface area contributed by atoms with Gasteiger partial charge in [-0.05, 0) is 12.1 Å². The number of benzene rings is 1. The maximum Gasteiger partial charge on any atom is 0.221 e. The van der Waals surface area contributed by atoms with Crippen LogP contribution in [0.15, 0.2) is 24.3 Å². The van der Waals surface area contributed by atoms with Gasteiger partial charge in [-0.3, -0.25) is 4.79 Å². The zero-order chi connectivity index (χ0) is 11.1. The number of hydrogen-bond donors (Lipinski definition) is 2. The molecular formula is C11H15NO3. The normalized spacial score (nSPS) is 9.73. The fraction of sp³-hybridized carbons (Fsp3) is 0.364. The van der Waals surface area contributed by atoms with Gasteiger partial charge in [-0.15, -0.1) is 0 Å². The van der Waals surface area contributed by atoms with Crippen molar-refractivity contribution in [2.75, 3.05) is 18.5 Å². The lowest BCUT2D eigenvalue weighted by Crippen LogP contribution is -2.06. The summed E-state index contributed by atoms with van der Waals surface area (Å²) >= 11 is 0.